The van der Waals surface area contributed by atoms with Gasteiger partial charge in [-0.15, -0.1) is 0 Å². The monoisotopic (exact) mass is 790 g/mol. The topological polar surface area (TPSA) is 133 Å². The van der Waals surface area contributed by atoms with Gasteiger partial charge in [0.25, 0.3) is 0 Å². The van der Waals surface area contributed by atoms with E-state index in [1.165, 1.54) is 76.3 Å². The van der Waals surface area contributed by atoms with E-state index < -0.39 is 20.2 Å². The molecule has 0 N–H and O–H groups in total. The van der Waals surface area contributed by atoms with Gasteiger partial charge in [-0.2, -0.15) is 0 Å². The predicted molar refractivity (Wildman–Crippen MR) is 211 cm³/mol. The summed E-state index contributed by atoms with van der Waals surface area (Å²) < 4.78 is 81.4. The number of rotatable bonds is 22. The molecule has 0 aliphatic heterocycles. The van der Waals surface area contributed by atoms with Gasteiger partial charge in [0.2, 0.25) is 0 Å². The molecule has 4 aromatic carbocycles. The van der Waals surface area contributed by atoms with Gasteiger partial charge in [-0.25, -0.2) is 16.8 Å². The summed E-state index contributed by atoms with van der Waals surface area (Å²) in [5, 5.41) is 0. The largest absolute Gasteiger partial charge is 2.00 e. The fraction of sp³-hybridized carbons (Fsp3) is 0.429. The Hall–Kier alpha value is -2.44. The summed E-state index contributed by atoms with van der Waals surface area (Å²) in [6, 6.07) is 27.4. The van der Waals surface area contributed by atoms with Crippen LogP contribution in [-0.2, 0) is 33.1 Å². The van der Waals surface area contributed by atoms with Crippen LogP contribution < -0.4 is 9.47 Å². The number of para-hydroxylation sites is 4. The van der Waals surface area contributed by atoms with Crippen molar-refractivity contribution in [3.63, 3.8) is 0 Å². The molecule has 0 bridgehead atoms. The van der Waals surface area contributed by atoms with Crippen molar-refractivity contribution in [2.24, 2.45) is 0 Å². The van der Waals surface area contributed by atoms with Crippen LogP contribution >= 0.6 is 0 Å². The van der Waals surface area contributed by atoms with Gasteiger partial charge in [-0.3, -0.25) is 0 Å². The van der Waals surface area contributed by atoms with Crippen LogP contribution in [0.25, 0.3) is 0 Å². The molecular weight excluding hydrogens is 737 g/mol. The van der Waals surface area contributed by atoms with E-state index >= 15 is 0 Å². The molecule has 53 heavy (non-hydrogen) atoms. The molecule has 0 fully saturated rings. The van der Waals surface area contributed by atoms with Gasteiger partial charge in [0, 0.05) is 0 Å². The molecule has 284 valence electrons. The maximum atomic E-state index is 11.6. The van der Waals surface area contributed by atoms with Gasteiger partial charge < -0.3 is 18.6 Å². The second-order valence-electron chi connectivity index (χ2n) is 13.0. The van der Waals surface area contributed by atoms with Gasteiger partial charge in [-0.05, 0) is 73.2 Å². The first-order valence-electron chi connectivity index (χ1n) is 18.7. The van der Waals surface area contributed by atoms with Crippen LogP contribution in [0.3, 0.4) is 0 Å². The molecule has 8 nitrogen and oxygen atoms in total. The molecule has 0 unspecified atom stereocenters. The maximum absolute atomic E-state index is 11.6. The quantitative estimate of drug-likeness (QED) is 0.0436. The van der Waals surface area contributed by atoms with Crippen molar-refractivity contribution >= 4 is 58.0 Å². The maximum Gasteiger partial charge on any atom is 2.00 e. The molecule has 0 radical (unpaired) electrons. The molecule has 0 aliphatic carbocycles. The summed E-state index contributed by atoms with van der Waals surface area (Å²) in [6.07, 6.45) is 17.8. The van der Waals surface area contributed by atoms with Crippen LogP contribution in [0.1, 0.15) is 115 Å². The number of hydrogen-bond acceptors (Lipinski definition) is 8. The summed E-state index contributed by atoms with van der Waals surface area (Å²) in [5.74, 6) is 1.37. The summed E-state index contributed by atoms with van der Waals surface area (Å²) in [4.78, 5) is -0.580. The fourth-order valence-corrected chi connectivity index (χ4v) is 7.19. The number of aryl methyl sites for hydroxylation is 2. The van der Waals surface area contributed by atoms with E-state index in [0.29, 0.717) is 24.3 Å². The van der Waals surface area contributed by atoms with Crippen molar-refractivity contribution in [1.29, 1.82) is 0 Å². The fourth-order valence-electron chi connectivity index (χ4n) is 5.90. The van der Waals surface area contributed by atoms with Gasteiger partial charge in [-0.1, -0.05) is 152 Å². The summed E-state index contributed by atoms with van der Waals surface area (Å²) in [6.45, 7) is 4.40. The molecule has 0 saturated heterocycles. The van der Waals surface area contributed by atoms with E-state index in [1.54, 1.807) is 60.7 Å². The molecule has 0 aliphatic rings. The number of hydrogen-bond donors (Lipinski definition) is 0. The van der Waals surface area contributed by atoms with Crippen LogP contribution in [0, 0.1) is 0 Å². The summed E-state index contributed by atoms with van der Waals surface area (Å²) in [5.41, 5.74) is 1.53. The Labute approximate surface area is 348 Å². The average Bonchev–Trinajstić information content (AvgIpc) is 3.12. The van der Waals surface area contributed by atoms with Crippen molar-refractivity contribution in [3.05, 3.63) is 108 Å². The van der Waals surface area contributed by atoms with Crippen molar-refractivity contribution in [2.45, 2.75) is 126 Å². The number of ether oxygens (including phenoxy) is 2. The van der Waals surface area contributed by atoms with Gasteiger partial charge in [0.15, 0.2) is 0 Å². The Morgan fingerprint density at radius 1 is 0.434 bits per heavy atom. The molecule has 4 rings (SSSR count). The van der Waals surface area contributed by atoms with Crippen molar-refractivity contribution in [1.82, 2.24) is 0 Å². The van der Waals surface area contributed by atoms with E-state index in [9.17, 15) is 25.9 Å². The molecule has 0 amide bonds. The third kappa shape index (κ3) is 17.7. The van der Waals surface area contributed by atoms with E-state index in [0.717, 1.165) is 36.8 Å². The molecule has 0 saturated carbocycles. The first kappa shape index (κ1) is 46.7. The van der Waals surface area contributed by atoms with Crippen LogP contribution in [0.15, 0.2) is 107 Å². The van der Waals surface area contributed by atoms with Crippen molar-refractivity contribution in [2.75, 3.05) is 0 Å². The minimum absolute atomic E-state index is 0. The van der Waals surface area contributed by atoms with Crippen LogP contribution in [-0.4, -0.2) is 63.7 Å². The zero-order valence-electron chi connectivity index (χ0n) is 31.3. The Morgan fingerprint density at radius 3 is 1.08 bits per heavy atom. The Kier molecular flexibility index (Phi) is 22.6. The Balaban J connectivity index is 0.000000360. The number of benzene rings is 4. The van der Waals surface area contributed by atoms with Gasteiger partial charge in [0.05, 0.1) is 9.79 Å². The first-order chi connectivity index (χ1) is 25.0. The summed E-state index contributed by atoms with van der Waals surface area (Å²) >= 11 is 0. The molecule has 4 aromatic rings. The Morgan fingerprint density at radius 2 is 0.755 bits per heavy atom. The zero-order chi connectivity index (χ0) is 37.7. The van der Waals surface area contributed by atoms with E-state index in [2.05, 4.69) is 13.8 Å². The van der Waals surface area contributed by atoms with Crippen molar-refractivity contribution < 1.29 is 35.4 Å². The minimum atomic E-state index is -4.60. The van der Waals surface area contributed by atoms with Crippen LogP contribution in [0.4, 0.5) is 0 Å². The zero-order valence-corrected chi connectivity index (χ0v) is 35.2. The normalized spacial score (nSPS) is 11.2. The molecule has 0 aromatic heterocycles. The molecule has 0 heterocycles. The van der Waals surface area contributed by atoms with E-state index in [1.807, 2.05) is 24.3 Å². The van der Waals surface area contributed by atoms with Crippen molar-refractivity contribution in [3.8, 4) is 23.0 Å². The first-order valence-corrected chi connectivity index (χ1v) is 21.5. The molecule has 11 heteroatoms. The van der Waals surface area contributed by atoms with Gasteiger partial charge >= 0.3 is 37.7 Å². The second-order valence-corrected chi connectivity index (χ2v) is 15.7. The van der Waals surface area contributed by atoms with Gasteiger partial charge in [0.1, 0.15) is 43.2 Å². The molecule has 0 spiro atoms. The summed E-state index contributed by atoms with van der Waals surface area (Å²) in [7, 11) is -9.19. The number of unbranched alkanes of at least 4 members (excludes halogenated alkanes) is 12. The predicted octanol–water partition coefficient (Wildman–Crippen LogP) is 11.0. The smallest absolute Gasteiger partial charge is 0.744 e. The third-order valence-electron chi connectivity index (χ3n) is 8.69. The van der Waals surface area contributed by atoms with E-state index in [-0.39, 0.29) is 59.0 Å². The second kappa shape index (κ2) is 25.6. The SMILES string of the molecule is CCCCCCCCCc1cccc(S(=O)(=O)[O-])c1Oc1ccccc1.CCCCCCCCCc1cccc(S(=O)(=O)[O-])c1Oc1ccccc1.[Ca+2]. The average molecular weight is 791 g/mol. The molecular formula is C42H54CaO8S2. The standard InChI is InChI=1S/2C21H28O4S.Ca/c2*1-2-3-4-5-6-7-9-13-18-14-12-17-20(26(22,23)24)21(18)25-19-15-10-8-11-16-19;/h2*8,10-12,14-17H,2-7,9,13H2,1H3,(H,22,23,24);/q;;+2/p-2. The van der Waals surface area contributed by atoms with E-state index in [4.69, 9.17) is 9.47 Å². The Bertz CT molecular complexity index is 1680. The van der Waals surface area contributed by atoms with Crippen LogP contribution in [0.2, 0.25) is 0 Å². The molecule has 0 atom stereocenters. The minimum Gasteiger partial charge on any atom is -0.744 e. The van der Waals surface area contributed by atoms with Crippen LogP contribution in [0.5, 0.6) is 23.0 Å². The third-order valence-corrected chi connectivity index (χ3v) is 10.4.